The van der Waals surface area contributed by atoms with E-state index < -0.39 is 9.84 Å². The molecule has 0 aliphatic heterocycles. The van der Waals surface area contributed by atoms with Crippen LogP contribution in [0, 0.1) is 6.92 Å². The molecule has 24 heavy (non-hydrogen) atoms. The van der Waals surface area contributed by atoms with E-state index in [4.69, 9.17) is 0 Å². The summed E-state index contributed by atoms with van der Waals surface area (Å²) in [6, 6.07) is 8.25. The number of aryl methyl sites for hydroxylation is 1. The van der Waals surface area contributed by atoms with E-state index in [1.54, 1.807) is 24.5 Å². The van der Waals surface area contributed by atoms with Crippen molar-refractivity contribution >= 4 is 21.4 Å². The average molecular weight is 347 g/mol. The summed E-state index contributed by atoms with van der Waals surface area (Å²) < 4.78 is 22.8. The zero-order chi connectivity index (χ0) is 17.6. The molecule has 128 valence electrons. The summed E-state index contributed by atoms with van der Waals surface area (Å²) >= 11 is 0. The summed E-state index contributed by atoms with van der Waals surface area (Å²) in [5, 5.41) is 6.07. The number of sulfone groups is 1. The van der Waals surface area contributed by atoms with E-state index >= 15 is 0 Å². The first-order valence-corrected chi connectivity index (χ1v) is 9.45. The molecule has 0 spiro atoms. The van der Waals surface area contributed by atoms with E-state index in [2.05, 4.69) is 15.6 Å². The lowest BCUT2D eigenvalue weighted by atomic mass is 10.1. The van der Waals surface area contributed by atoms with Crippen molar-refractivity contribution in [1.82, 2.24) is 10.3 Å². The number of nitrogens with one attached hydrogen (secondary N) is 2. The smallest absolute Gasteiger partial charge is 0.224 e. The number of carbonyl (C=O) groups is 1. The fourth-order valence-corrected chi connectivity index (χ4v) is 2.80. The second-order valence-electron chi connectivity index (χ2n) is 5.56. The summed E-state index contributed by atoms with van der Waals surface area (Å²) in [6.45, 7) is 3.08. The molecule has 0 saturated heterocycles. The molecule has 1 amide bonds. The highest BCUT2D eigenvalue weighted by Crippen LogP contribution is 2.11. The molecule has 1 aromatic carbocycles. The molecule has 6 nitrogen and oxygen atoms in total. The molecule has 2 rings (SSSR count). The van der Waals surface area contributed by atoms with Crippen LogP contribution in [0.25, 0.3) is 0 Å². The molecular weight excluding hydrogens is 326 g/mol. The summed E-state index contributed by atoms with van der Waals surface area (Å²) in [6.07, 6.45) is 4.87. The van der Waals surface area contributed by atoms with Gasteiger partial charge >= 0.3 is 0 Å². The number of amides is 1. The van der Waals surface area contributed by atoms with Crippen LogP contribution in [-0.2, 0) is 21.1 Å². The molecule has 0 fully saturated rings. The van der Waals surface area contributed by atoms with Crippen LogP contribution in [0.15, 0.2) is 47.6 Å². The highest BCUT2D eigenvalue weighted by atomic mass is 32.2. The zero-order valence-electron chi connectivity index (χ0n) is 13.7. The molecule has 0 unspecified atom stereocenters. The van der Waals surface area contributed by atoms with Gasteiger partial charge < -0.3 is 10.6 Å². The van der Waals surface area contributed by atoms with Crippen molar-refractivity contribution in [2.75, 3.05) is 24.7 Å². The average Bonchev–Trinajstić information content (AvgIpc) is 2.53. The molecule has 2 N–H and O–H groups in total. The van der Waals surface area contributed by atoms with E-state index in [1.807, 2.05) is 13.0 Å². The van der Waals surface area contributed by atoms with E-state index in [0.717, 1.165) is 23.1 Å². The largest absolute Gasteiger partial charge is 0.383 e. The van der Waals surface area contributed by atoms with Gasteiger partial charge in [0.15, 0.2) is 9.84 Å². The van der Waals surface area contributed by atoms with Crippen LogP contribution in [0.1, 0.15) is 11.1 Å². The Bertz CT molecular complexity index is 802. The molecule has 2 aromatic rings. The molecule has 1 heterocycles. The number of anilines is 1. The van der Waals surface area contributed by atoms with Crippen molar-refractivity contribution in [1.29, 1.82) is 0 Å². The second kappa shape index (κ2) is 7.92. The Labute approximate surface area is 142 Å². The van der Waals surface area contributed by atoms with Gasteiger partial charge in [-0.3, -0.25) is 9.78 Å². The molecule has 0 aliphatic rings. The van der Waals surface area contributed by atoms with Gasteiger partial charge in [0.2, 0.25) is 5.91 Å². The minimum Gasteiger partial charge on any atom is -0.383 e. The third-order valence-corrected chi connectivity index (χ3v) is 4.63. The summed E-state index contributed by atoms with van der Waals surface area (Å²) in [7, 11) is -3.21. The van der Waals surface area contributed by atoms with Gasteiger partial charge in [-0.05, 0) is 36.2 Å². The maximum absolute atomic E-state index is 11.9. The second-order valence-corrected chi connectivity index (χ2v) is 7.58. The van der Waals surface area contributed by atoms with Crippen LogP contribution in [0.5, 0.6) is 0 Å². The molecule has 0 bridgehead atoms. The molecule has 1 aromatic heterocycles. The topological polar surface area (TPSA) is 88.2 Å². The van der Waals surface area contributed by atoms with Crippen LogP contribution >= 0.6 is 0 Å². The van der Waals surface area contributed by atoms with Crippen LogP contribution in [-0.4, -0.2) is 38.7 Å². The standard InChI is InChI=1S/C17H21N3O3S/c1-13-12-18-8-7-16(13)19-9-10-20-17(21)11-14-3-5-15(6-4-14)24(2,22)23/h3-8,12H,9-11H2,1-2H3,(H,18,19)(H,20,21). The van der Waals surface area contributed by atoms with Crippen molar-refractivity contribution in [2.45, 2.75) is 18.2 Å². The third kappa shape index (κ3) is 5.34. The molecule has 0 radical (unpaired) electrons. The molecule has 0 aliphatic carbocycles. The number of benzene rings is 1. The zero-order valence-corrected chi connectivity index (χ0v) is 14.6. The maximum Gasteiger partial charge on any atom is 0.224 e. The number of rotatable bonds is 7. The van der Waals surface area contributed by atoms with Crippen molar-refractivity contribution in [2.24, 2.45) is 0 Å². The Kier molecular flexibility index (Phi) is 5.92. The lowest BCUT2D eigenvalue weighted by Gasteiger charge is -2.10. The molecule has 7 heteroatoms. The van der Waals surface area contributed by atoms with Gasteiger partial charge in [0.05, 0.1) is 11.3 Å². The fraction of sp³-hybridized carbons (Fsp3) is 0.294. The third-order valence-electron chi connectivity index (χ3n) is 3.50. The highest BCUT2D eigenvalue weighted by Gasteiger charge is 2.08. The quantitative estimate of drug-likeness (QED) is 0.742. The van der Waals surface area contributed by atoms with E-state index in [0.29, 0.717) is 13.1 Å². The lowest BCUT2D eigenvalue weighted by Crippen LogP contribution is -2.30. The van der Waals surface area contributed by atoms with Crippen LogP contribution in [0.3, 0.4) is 0 Å². The summed E-state index contributed by atoms with van der Waals surface area (Å²) in [5.74, 6) is -0.102. The van der Waals surface area contributed by atoms with Crippen molar-refractivity contribution in [3.63, 3.8) is 0 Å². The Morgan fingerprint density at radius 3 is 2.46 bits per heavy atom. The minimum atomic E-state index is -3.21. The first-order chi connectivity index (χ1) is 11.4. The number of nitrogens with zero attached hydrogens (tertiary/aromatic N) is 1. The number of hydrogen-bond donors (Lipinski definition) is 2. The van der Waals surface area contributed by atoms with Gasteiger partial charge in [-0.2, -0.15) is 0 Å². The van der Waals surface area contributed by atoms with E-state index in [-0.39, 0.29) is 17.2 Å². The van der Waals surface area contributed by atoms with Gasteiger partial charge in [-0.15, -0.1) is 0 Å². The van der Waals surface area contributed by atoms with Crippen molar-refractivity contribution < 1.29 is 13.2 Å². The van der Waals surface area contributed by atoms with Crippen molar-refractivity contribution in [3.8, 4) is 0 Å². The van der Waals surface area contributed by atoms with Crippen LogP contribution in [0.2, 0.25) is 0 Å². The predicted octanol–water partition coefficient (Wildman–Crippen LogP) is 1.56. The highest BCUT2D eigenvalue weighted by molar-refractivity contribution is 7.90. The van der Waals surface area contributed by atoms with E-state index in [9.17, 15) is 13.2 Å². The fourth-order valence-electron chi connectivity index (χ4n) is 2.17. The molecular formula is C17H21N3O3S. The molecule has 0 atom stereocenters. The first-order valence-electron chi connectivity index (χ1n) is 7.56. The van der Waals surface area contributed by atoms with Gasteiger partial charge in [-0.25, -0.2) is 8.42 Å². The Morgan fingerprint density at radius 2 is 1.83 bits per heavy atom. The molecule has 0 saturated carbocycles. The summed E-state index contributed by atoms with van der Waals surface area (Å²) in [4.78, 5) is 16.2. The summed E-state index contributed by atoms with van der Waals surface area (Å²) in [5.41, 5.74) is 2.82. The van der Waals surface area contributed by atoms with Gasteiger partial charge in [0.1, 0.15) is 0 Å². The monoisotopic (exact) mass is 347 g/mol. The number of pyridine rings is 1. The minimum absolute atomic E-state index is 0.102. The van der Waals surface area contributed by atoms with E-state index in [1.165, 1.54) is 12.1 Å². The van der Waals surface area contributed by atoms with Crippen LogP contribution in [0.4, 0.5) is 5.69 Å². The number of aromatic nitrogens is 1. The maximum atomic E-state index is 11.9. The first kappa shape index (κ1) is 17.9. The number of carbonyl (C=O) groups excluding carboxylic acids is 1. The normalized spacial score (nSPS) is 11.1. The Morgan fingerprint density at radius 1 is 1.12 bits per heavy atom. The van der Waals surface area contributed by atoms with Gasteiger partial charge in [0, 0.05) is 37.4 Å². The predicted molar refractivity (Wildman–Crippen MR) is 93.7 cm³/mol. The number of hydrogen-bond acceptors (Lipinski definition) is 5. The van der Waals surface area contributed by atoms with Crippen molar-refractivity contribution in [3.05, 3.63) is 53.9 Å². The Balaban J connectivity index is 1.76. The van der Waals surface area contributed by atoms with Gasteiger partial charge in [0.25, 0.3) is 0 Å². The SMILES string of the molecule is Cc1cnccc1NCCNC(=O)Cc1ccc(S(C)(=O)=O)cc1. The lowest BCUT2D eigenvalue weighted by molar-refractivity contribution is -0.120. The Hall–Kier alpha value is -2.41. The van der Waals surface area contributed by atoms with Crippen LogP contribution < -0.4 is 10.6 Å². The van der Waals surface area contributed by atoms with Gasteiger partial charge in [-0.1, -0.05) is 12.1 Å².